The van der Waals surface area contributed by atoms with Crippen LogP contribution in [-0.4, -0.2) is 28.4 Å². The van der Waals surface area contributed by atoms with Crippen molar-refractivity contribution in [3.05, 3.63) is 36.2 Å². The Hall–Kier alpha value is -1.95. The van der Waals surface area contributed by atoms with Gasteiger partial charge in [-0.1, -0.05) is 0 Å². The fraction of sp³-hybridized carbons (Fsp3) is 0.500. The number of hydrogen-bond donors (Lipinski definition) is 2. The molecule has 22 heavy (non-hydrogen) atoms. The second-order valence-corrected chi connectivity index (χ2v) is 6.82. The Labute approximate surface area is 127 Å². The number of aromatic nitrogens is 2. The number of hydrogen-bond acceptors (Lipinski definition) is 3. The van der Waals surface area contributed by atoms with Crippen LogP contribution in [0.5, 0.6) is 0 Å². The zero-order chi connectivity index (χ0) is 15.5. The number of carbonyl (C=O) groups excluding carboxylic acids is 1. The Kier molecular flexibility index (Phi) is 2.81. The van der Waals surface area contributed by atoms with Gasteiger partial charge >= 0.3 is 0 Å². The maximum absolute atomic E-state index is 13.8. The summed E-state index contributed by atoms with van der Waals surface area (Å²) in [6.07, 6.45) is 3.28. The van der Waals surface area contributed by atoms with E-state index < -0.39 is 5.54 Å². The first kappa shape index (κ1) is 13.7. The summed E-state index contributed by atoms with van der Waals surface area (Å²) in [5, 5.41) is 6.38. The van der Waals surface area contributed by atoms with E-state index in [1.807, 2.05) is 13.8 Å². The maximum atomic E-state index is 13.8. The quantitative estimate of drug-likeness (QED) is 0.898. The van der Waals surface area contributed by atoms with Gasteiger partial charge in [-0.25, -0.2) is 9.37 Å². The average Bonchev–Trinajstić information content (AvgIpc) is 2.85. The topological polar surface area (TPSA) is 58.4 Å². The predicted molar refractivity (Wildman–Crippen MR) is 79.7 cm³/mol. The van der Waals surface area contributed by atoms with Crippen molar-refractivity contribution >= 4 is 11.4 Å². The van der Waals surface area contributed by atoms with E-state index in [4.69, 9.17) is 0 Å². The summed E-state index contributed by atoms with van der Waals surface area (Å²) in [6, 6.07) is 3.05. The highest BCUT2D eigenvalue weighted by Gasteiger charge is 2.57. The summed E-state index contributed by atoms with van der Waals surface area (Å²) in [4.78, 5) is 16.8. The van der Waals surface area contributed by atoms with Gasteiger partial charge in [-0.05, 0) is 50.9 Å². The molecule has 1 aliphatic heterocycles. The molecule has 5 nitrogen and oxygen atoms in total. The Morgan fingerprint density at radius 2 is 2.18 bits per heavy atom. The van der Waals surface area contributed by atoms with Crippen LogP contribution in [0.25, 0.3) is 5.52 Å². The minimum atomic E-state index is -0.651. The molecule has 3 heterocycles. The number of piperidine rings is 1. The van der Waals surface area contributed by atoms with Gasteiger partial charge < -0.3 is 10.6 Å². The molecule has 116 valence electrons. The van der Waals surface area contributed by atoms with Crippen LogP contribution in [0.2, 0.25) is 0 Å². The van der Waals surface area contributed by atoms with Crippen LogP contribution in [0.1, 0.15) is 19.7 Å². The molecular weight excluding hydrogens is 283 g/mol. The highest BCUT2D eigenvalue weighted by molar-refractivity contribution is 5.83. The summed E-state index contributed by atoms with van der Waals surface area (Å²) in [5.41, 5.74) is -0.228. The van der Waals surface area contributed by atoms with E-state index in [2.05, 4.69) is 15.6 Å². The third kappa shape index (κ3) is 1.94. The monoisotopic (exact) mass is 302 g/mol. The fourth-order valence-electron chi connectivity index (χ4n) is 3.70. The van der Waals surface area contributed by atoms with Crippen molar-refractivity contribution in [3.8, 4) is 0 Å². The molecule has 3 atom stereocenters. The molecule has 1 unspecified atom stereocenters. The first-order valence-electron chi connectivity index (χ1n) is 7.64. The van der Waals surface area contributed by atoms with Gasteiger partial charge in [0.25, 0.3) is 0 Å². The first-order chi connectivity index (χ1) is 10.5. The van der Waals surface area contributed by atoms with Crippen LogP contribution < -0.4 is 10.6 Å². The van der Waals surface area contributed by atoms with Crippen molar-refractivity contribution in [3.63, 3.8) is 0 Å². The molecule has 2 fully saturated rings. The number of carbonyl (C=O) groups is 1. The Bertz CT molecular complexity index is 744. The third-order valence-electron chi connectivity index (χ3n) is 4.91. The number of fused-ring (bicyclic) bond motifs is 2. The highest BCUT2D eigenvalue weighted by Crippen LogP contribution is 2.49. The van der Waals surface area contributed by atoms with Crippen molar-refractivity contribution in [1.82, 2.24) is 20.0 Å². The standard InChI is InChI=1S/C16H19FN4O/c1-16(2,20-14(22)13-9-6-18-7-10(9)13)15-19-8-12-11(17)4-3-5-21(12)15/h3-5,8-10,13,18H,6-7H2,1-2H3,(H,20,22)/t9-,10+,13?. The summed E-state index contributed by atoms with van der Waals surface area (Å²) in [6.45, 7) is 5.67. The van der Waals surface area contributed by atoms with Crippen LogP contribution in [0, 0.1) is 23.6 Å². The summed E-state index contributed by atoms with van der Waals surface area (Å²) in [5.74, 6) is 1.47. The number of pyridine rings is 1. The molecule has 6 heteroatoms. The van der Waals surface area contributed by atoms with Crippen molar-refractivity contribution in [2.24, 2.45) is 17.8 Å². The van der Waals surface area contributed by atoms with E-state index >= 15 is 0 Å². The van der Waals surface area contributed by atoms with Crippen LogP contribution in [0.4, 0.5) is 4.39 Å². The summed E-state index contributed by atoms with van der Waals surface area (Å²) in [7, 11) is 0. The maximum Gasteiger partial charge on any atom is 0.224 e. The lowest BCUT2D eigenvalue weighted by atomic mass is 10.0. The van der Waals surface area contributed by atoms with Gasteiger partial charge in [0.1, 0.15) is 17.2 Å². The molecule has 1 saturated heterocycles. The zero-order valence-corrected chi connectivity index (χ0v) is 12.6. The molecule has 1 saturated carbocycles. The van der Waals surface area contributed by atoms with E-state index in [9.17, 15) is 9.18 Å². The number of halogens is 1. The van der Waals surface area contributed by atoms with Crippen molar-refractivity contribution in [2.45, 2.75) is 19.4 Å². The van der Waals surface area contributed by atoms with Gasteiger partial charge in [-0.15, -0.1) is 0 Å². The number of rotatable bonds is 3. The number of amides is 1. The van der Waals surface area contributed by atoms with Crippen molar-refractivity contribution < 1.29 is 9.18 Å². The van der Waals surface area contributed by atoms with E-state index in [-0.39, 0.29) is 17.6 Å². The fourth-order valence-corrected chi connectivity index (χ4v) is 3.70. The van der Waals surface area contributed by atoms with E-state index in [0.29, 0.717) is 23.2 Å². The molecule has 1 aliphatic carbocycles. The minimum Gasteiger partial charge on any atom is -0.344 e. The van der Waals surface area contributed by atoms with Gasteiger partial charge in [-0.2, -0.15) is 0 Å². The van der Waals surface area contributed by atoms with Gasteiger partial charge in [0.2, 0.25) is 5.91 Å². The Morgan fingerprint density at radius 3 is 2.91 bits per heavy atom. The molecule has 2 aliphatic rings. The lowest BCUT2D eigenvalue weighted by Crippen LogP contribution is -2.44. The smallest absolute Gasteiger partial charge is 0.224 e. The molecular formula is C16H19FN4O. The van der Waals surface area contributed by atoms with Crippen LogP contribution in [0.15, 0.2) is 24.5 Å². The molecule has 0 aromatic carbocycles. The zero-order valence-electron chi connectivity index (χ0n) is 12.6. The number of nitrogens with zero attached hydrogens (tertiary/aromatic N) is 2. The highest BCUT2D eigenvalue weighted by atomic mass is 19.1. The average molecular weight is 302 g/mol. The SMILES string of the molecule is CC(C)(NC(=O)C1[C@H]2CNC[C@@H]12)c1ncc2c(F)cccn12. The molecule has 0 bridgehead atoms. The Balaban J connectivity index is 1.59. The molecule has 2 aromatic rings. The lowest BCUT2D eigenvalue weighted by molar-refractivity contribution is -0.124. The Morgan fingerprint density at radius 1 is 1.45 bits per heavy atom. The van der Waals surface area contributed by atoms with E-state index in [1.54, 1.807) is 16.7 Å². The summed E-state index contributed by atoms with van der Waals surface area (Å²) < 4.78 is 15.5. The van der Waals surface area contributed by atoms with Crippen LogP contribution in [0.3, 0.4) is 0 Å². The molecule has 1 amide bonds. The van der Waals surface area contributed by atoms with E-state index in [0.717, 1.165) is 13.1 Å². The van der Waals surface area contributed by atoms with E-state index in [1.165, 1.54) is 12.3 Å². The predicted octanol–water partition coefficient (Wildman–Crippen LogP) is 1.29. The normalized spacial score (nSPS) is 27.0. The second-order valence-electron chi connectivity index (χ2n) is 6.82. The van der Waals surface area contributed by atoms with Gasteiger partial charge in [0, 0.05) is 12.1 Å². The lowest BCUT2D eigenvalue weighted by Gasteiger charge is -2.25. The largest absolute Gasteiger partial charge is 0.344 e. The van der Waals surface area contributed by atoms with Gasteiger partial charge in [-0.3, -0.25) is 9.20 Å². The third-order valence-corrected chi connectivity index (χ3v) is 4.91. The second kappa shape index (κ2) is 4.52. The van der Waals surface area contributed by atoms with Crippen molar-refractivity contribution in [2.75, 3.05) is 13.1 Å². The minimum absolute atomic E-state index is 0.0784. The number of imidazole rings is 1. The number of nitrogens with one attached hydrogen (secondary N) is 2. The van der Waals surface area contributed by atoms with Crippen LogP contribution in [-0.2, 0) is 10.3 Å². The van der Waals surface area contributed by atoms with Crippen LogP contribution >= 0.6 is 0 Å². The van der Waals surface area contributed by atoms with Gasteiger partial charge in [0.15, 0.2) is 0 Å². The molecule has 2 N–H and O–H groups in total. The molecule has 4 rings (SSSR count). The summed E-state index contributed by atoms with van der Waals surface area (Å²) >= 11 is 0. The van der Waals surface area contributed by atoms with Gasteiger partial charge in [0.05, 0.1) is 11.7 Å². The molecule has 2 aromatic heterocycles. The van der Waals surface area contributed by atoms with Crippen molar-refractivity contribution in [1.29, 1.82) is 0 Å². The molecule has 0 spiro atoms. The molecule has 0 radical (unpaired) electrons. The first-order valence-corrected chi connectivity index (χ1v) is 7.64.